The van der Waals surface area contributed by atoms with Crippen molar-refractivity contribution >= 4 is 23.5 Å². The Kier molecular flexibility index (Phi) is 3.74. The van der Waals surface area contributed by atoms with Crippen molar-refractivity contribution in [3.05, 3.63) is 30.3 Å². The molecule has 3 N–H and O–H groups in total. The molecule has 1 aliphatic rings. The van der Waals surface area contributed by atoms with Crippen LogP contribution in [-0.4, -0.2) is 28.9 Å². The largest absolute Gasteiger partial charge is 0.480 e. The fourth-order valence-corrected chi connectivity index (χ4v) is 1.84. The first-order valence-electron chi connectivity index (χ1n) is 6.36. The highest BCUT2D eigenvalue weighted by Gasteiger charge is 2.57. The topological polar surface area (TPSA) is 95.5 Å². The van der Waals surface area contributed by atoms with Gasteiger partial charge in [0, 0.05) is 5.69 Å². The SMILES string of the molecule is C[C@H](NC(=O)C1(C(=O)O)CC1)C(=O)Nc1ccccc1. The van der Waals surface area contributed by atoms with Crippen molar-refractivity contribution in [2.24, 2.45) is 5.41 Å². The number of carboxylic acid groups (broad SMARTS) is 1. The Hall–Kier alpha value is -2.37. The van der Waals surface area contributed by atoms with Gasteiger partial charge in [0.2, 0.25) is 11.8 Å². The van der Waals surface area contributed by atoms with Gasteiger partial charge in [-0.2, -0.15) is 0 Å². The number of rotatable bonds is 5. The zero-order valence-corrected chi connectivity index (χ0v) is 11.1. The molecule has 1 atom stereocenters. The molecule has 0 radical (unpaired) electrons. The van der Waals surface area contributed by atoms with Crippen molar-refractivity contribution in [3.63, 3.8) is 0 Å². The van der Waals surface area contributed by atoms with Gasteiger partial charge in [-0.3, -0.25) is 14.4 Å². The summed E-state index contributed by atoms with van der Waals surface area (Å²) >= 11 is 0. The number of nitrogens with one attached hydrogen (secondary N) is 2. The second-order valence-corrected chi connectivity index (χ2v) is 4.94. The summed E-state index contributed by atoms with van der Waals surface area (Å²) in [7, 11) is 0. The second kappa shape index (κ2) is 5.32. The van der Waals surface area contributed by atoms with E-state index in [1.54, 1.807) is 24.3 Å². The zero-order chi connectivity index (χ0) is 14.8. The third-order valence-electron chi connectivity index (χ3n) is 3.38. The van der Waals surface area contributed by atoms with Gasteiger partial charge in [-0.25, -0.2) is 0 Å². The van der Waals surface area contributed by atoms with Crippen molar-refractivity contribution in [2.45, 2.75) is 25.8 Å². The number of carbonyl (C=O) groups excluding carboxylic acids is 2. The van der Waals surface area contributed by atoms with Gasteiger partial charge in [-0.1, -0.05) is 18.2 Å². The Morgan fingerprint density at radius 3 is 2.30 bits per heavy atom. The van der Waals surface area contributed by atoms with Gasteiger partial charge in [0.05, 0.1) is 0 Å². The maximum absolute atomic E-state index is 11.9. The van der Waals surface area contributed by atoms with E-state index in [0.29, 0.717) is 18.5 Å². The predicted octanol–water partition coefficient (Wildman–Crippen LogP) is 0.995. The molecule has 6 heteroatoms. The third kappa shape index (κ3) is 2.79. The summed E-state index contributed by atoms with van der Waals surface area (Å²) in [6, 6.07) is 8.05. The van der Waals surface area contributed by atoms with Gasteiger partial charge >= 0.3 is 5.97 Å². The lowest BCUT2D eigenvalue weighted by Crippen LogP contribution is -2.46. The number of benzene rings is 1. The molecule has 0 saturated heterocycles. The van der Waals surface area contributed by atoms with Crippen LogP contribution in [0, 0.1) is 5.41 Å². The first-order chi connectivity index (χ1) is 9.45. The number of anilines is 1. The molecule has 2 amide bonds. The molecule has 1 aromatic carbocycles. The van der Waals surface area contributed by atoms with Gasteiger partial charge in [0.25, 0.3) is 0 Å². The van der Waals surface area contributed by atoms with Gasteiger partial charge in [0.15, 0.2) is 0 Å². The Balaban J connectivity index is 1.92. The van der Waals surface area contributed by atoms with E-state index in [1.165, 1.54) is 6.92 Å². The van der Waals surface area contributed by atoms with Gasteiger partial charge in [-0.05, 0) is 31.9 Å². The summed E-state index contributed by atoms with van der Waals surface area (Å²) in [5, 5.41) is 14.1. The monoisotopic (exact) mass is 276 g/mol. The van der Waals surface area contributed by atoms with E-state index >= 15 is 0 Å². The van der Waals surface area contributed by atoms with Crippen molar-refractivity contribution in [1.82, 2.24) is 5.32 Å². The number of hydrogen-bond acceptors (Lipinski definition) is 3. The normalized spacial score (nSPS) is 16.9. The van der Waals surface area contributed by atoms with Crippen LogP contribution in [-0.2, 0) is 14.4 Å². The molecule has 0 spiro atoms. The Morgan fingerprint density at radius 1 is 1.20 bits per heavy atom. The van der Waals surface area contributed by atoms with E-state index in [9.17, 15) is 14.4 Å². The smallest absolute Gasteiger partial charge is 0.319 e. The minimum atomic E-state index is -1.33. The average molecular weight is 276 g/mol. The lowest BCUT2D eigenvalue weighted by molar-refractivity contribution is -0.149. The number of para-hydroxylation sites is 1. The summed E-state index contributed by atoms with van der Waals surface area (Å²) in [4.78, 5) is 34.8. The average Bonchev–Trinajstić information content (AvgIpc) is 3.21. The molecule has 0 heterocycles. The molecule has 1 aromatic rings. The highest BCUT2D eigenvalue weighted by molar-refractivity contribution is 6.06. The van der Waals surface area contributed by atoms with Crippen LogP contribution in [0.3, 0.4) is 0 Å². The minimum absolute atomic E-state index is 0.321. The number of hydrogen-bond donors (Lipinski definition) is 3. The van der Waals surface area contributed by atoms with Crippen LogP contribution in [0.5, 0.6) is 0 Å². The van der Waals surface area contributed by atoms with Gasteiger partial charge < -0.3 is 15.7 Å². The minimum Gasteiger partial charge on any atom is -0.480 e. The fraction of sp³-hybridized carbons (Fsp3) is 0.357. The quantitative estimate of drug-likeness (QED) is 0.699. The number of carbonyl (C=O) groups is 3. The van der Waals surface area contributed by atoms with Crippen molar-refractivity contribution in [3.8, 4) is 0 Å². The first-order valence-corrected chi connectivity index (χ1v) is 6.36. The molecule has 6 nitrogen and oxygen atoms in total. The molecule has 0 aliphatic heterocycles. The molecule has 1 saturated carbocycles. The summed E-state index contributed by atoms with van der Waals surface area (Å²) in [5.74, 6) is -2.11. The number of amides is 2. The molecule has 106 valence electrons. The van der Waals surface area contributed by atoms with E-state index < -0.39 is 23.3 Å². The molecule has 0 unspecified atom stereocenters. The standard InChI is InChI=1S/C14H16N2O4/c1-9(11(17)16-10-5-3-2-4-6-10)15-12(18)14(7-8-14)13(19)20/h2-6,9H,7-8H2,1H3,(H,15,18)(H,16,17)(H,19,20)/t9-/m0/s1. The molecule has 20 heavy (non-hydrogen) atoms. The molecule has 0 bridgehead atoms. The predicted molar refractivity (Wildman–Crippen MR) is 72.0 cm³/mol. The third-order valence-corrected chi connectivity index (χ3v) is 3.38. The van der Waals surface area contributed by atoms with Crippen molar-refractivity contribution < 1.29 is 19.5 Å². The van der Waals surface area contributed by atoms with Crippen LogP contribution in [0.2, 0.25) is 0 Å². The zero-order valence-electron chi connectivity index (χ0n) is 11.1. The van der Waals surface area contributed by atoms with E-state index in [-0.39, 0.29) is 5.91 Å². The Labute approximate surface area is 116 Å². The summed E-state index contributed by atoms with van der Waals surface area (Å²) in [5.41, 5.74) is -0.709. The molecular formula is C14H16N2O4. The second-order valence-electron chi connectivity index (χ2n) is 4.94. The highest BCUT2D eigenvalue weighted by Crippen LogP contribution is 2.46. The molecular weight excluding hydrogens is 260 g/mol. The van der Waals surface area contributed by atoms with Gasteiger partial charge in [-0.15, -0.1) is 0 Å². The van der Waals surface area contributed by atoms with E-state index in [1.807, 2.05) is 6.07 Å². The Morgan fingerprint density at radius 2 is 1.80 bits per heavy atom. The van der Waals surface area contributed by atoms with Crippen LogP contribution in [0.4, 0.5) is 5.69 Å². The molecule has 0 aromatic heterocycles. The summed E-state index contributed by atoms with van der Waals surface area (Å²) < 4.78 is 0. The van der Waals surface area contributed by atoms with Crippen LogP contribution in [0.15, 0.2) is 30.3 Å². The van der Waals surface area contributed by atoms with Crippen molar-refractivity contribution in [1.29, 1.82) is 0 Å². The van der Waals surface area contributed by atoms with Crippen molar-refractivity contribution in [2.75, 3.05) is 5.32 Å². The fourth-order valence-electron chi connectivity index (χ4n) is 1.84. The lowest BCUT2D eigenvalue weighted by atomic mass is 10.1. The highest BCUT2D eigenvalue weighted by atomic mass is 16.4. The summed E-state index contributed by atoms with van der Waals surface area (Å²) in [6.45, 7) is 1.52. The number of carboxylic acids is 1. The Bertz CT molecular complexity index is 537. The molecule has 1 fully saturated rings. The number of aliphatic carboxylic acids is 1. The maximum Gasteiger partial charge on any atom is 0.319 e. The molecule has 2 rings (SSSR count). The molecule has 1 aliphatic carbocycles. The van der Waals surface area contributed by atoms with Crippen LogP contribution >= 0.6 is 0 Å². The van der Waals surface area contributed by atoms with Crippen LogP contribution in [0.25, 0.3) is 0 Å². The van der Waals surface area contributed by atoms with Crippen LogP contribution < -0.4 is 10.6 Å². The van der Waals surface area contributed by atoms with E-state index in [0.717, 1.165) is 0 Å². The van der Waals surface area contributed by atoms with E-state index in [2.05, 4.69) is 10.6 Å². The first kappa shape index (κ1) is 14.0. The maximum atomic E-state index is 11.9. The van der Waals surface area contributed by atoms with E-state index in [4.69, 9.17) is 5.11 Å². The van der Waals surface area contributed by atoms with Gasteiger partial charge in [0.1, 0.15) is 11.5 Å². The lowest BCUT2D eigenvalue weighted by Gasteiger charge is -2.16. The van der Waals surface area contributed by atoms with Crippen LogP contribution in [0.1, 0.15) is 19.8 Å². The summed E-state index contributed by atoms with van der Waals surface area (Å²) in [6.07, 6.45) is 0.641.